The van der Waals surface area contributed by atoms with Crippen molar-refractivity contribution in [2.24, 2.45) is 18.9 Å². The number of amides is 1. The Balaban J connectivity index is 2.79. The fourth-order valence-corrected chi connectivity index (χ4v) is 2.15. The van der Waals surface area contributed by atoms with Gasteiger partial charge in [0.25, 0.3) is 5.91 Å². The summed E-state index contributed by atoms with van der Waals surface area (Å²) >= 11 is 0. The lowest BCUT2D eigenvalue weighted by molar-refractivity contribution is 0.0882. The number of carbonyl (C=O) groups is 1. The third-order valence-electron chi connectivity index (χ3n) is 3.62. The van der Waals surface area contributed by atoms with Gasteiger partial charge in [-0.05, 0) is 24.3 Å². The number of aromatic nitrogens is 2. The molecule has 1 rings (SSSR count). The van der Waals surface area contributed by atoms with Crippen LogP contribution in [0.1, 0.15) is 50.3 Å². The summed E-state index contributed by atoms with van der Waals surface area (Å²) in [5.41, 5.74) is 1.47. The number of aliphatic hydroxyl groups excluding tert-OH is 1. The zero-order chi connectivity index (χ0) is 15.3. The maximum atomic E-state index is 12.3. The molecule has 114 valence electrons. The van der Waals surface area contributed by atoms with E-state index in [-0.39, 0.29) is 24.5 Å². The predicted octanol–water partition coefficient (Wildman–Crippen LogP) is 1.76. The van der Waals surface area contributed by atoms with Gasteiger partial charge in [0, 0.05) is 7.05 Å². The molecule has 2 atom stereocenters. The fraction of sp³-hybridized carbons (Fsp3) is 0.733. The molecule has 20 heavy (non-hydrogen) atoms. The van der Waals surface area contributed by atoms with E-state index in [0.29, 0.717) is 11.6 Å². The molecule has 0 saturated heterocycles. The van der Waals surface area contributed by atoms with Crippen molar-refractivity contribution in [1.29, 1.82) is 0 Å². The van der Waals surface area contributed by atoms with Crippen LogP contribution in [0, 0.1) is 11.8 Å². The summed E-state index contributed by atoms with van der Waals surface area (Å²) in [5.74, 6) is 0.577. The van der Waals surface area contributed by atoms with E-state index in [1.165, 1.54) is 0 Å². The number of aryl methyl sites for hydroxylation is 1. The summed E-state index contributed by atoms with van der Waals surface area (Å²) in [7, 11) is 1.77. The van der Waals surface area contributed by atoms with Crippen molar-refractivity contribution >= 4 is 5.91 Å². The molecule has 2 unspecified atom stereocenters. The van der Waals surface area contributed by atoms with Crippen LogP contribution in [-0.2, 0) is 13.5 Å². The van der Waals surface area contributed by atoms with Crippen LogP contribution < -0.4 is 5.32 Å². The normalized spacial score (nSPS) is 14.3. The van der Waals surface area contributed by atoms with Gasteiger partial charge in [0.2, 0.25) is 0 Å². The van der Waals surface area contributed by atoms with Gasteiger partial charge >= 0.3 is 0 Å². The standard InChI is InChI=1S/C15H27N3O2/c1-6-11(4)13(9-19)16-15(20)14-8-12(7-10(2)3)17-18(14)5/h8,10-11,13,19H,6-7,9H2,1-5H3,(H,16,20). The van der Waals surface area contributed by atoms with Crippen LogP contribution in [0.2, 0.25) is 0 Å². The molecule has 0 fully saturated rings. The second-order valence-electron chi connectivity index (χ2n) is 5.89. The first-order valence-corrected chi connectivity index (χ1v) is 7.33. The van der Waals surface area contributed by atoms with Gasteiger partial charge in [0.05, 0.1) is 18.3 Å². The van der Waals surface area contributed by atoms with Gasteiger partial charge in [0.1, 0.15) is 5.69 Å². The highest BCUT2D eigenvalue weighted by Crippen LogP contribution is 2.11. The lowest BCUT2D eigenvalue weighted by Crippen LogP contribution is -2.42. The molecule has 0 aliphatic heterocycles. The van der Waals surface area contributed by atoms with Crippen LogP contribution in [0.5, 0.6) is 0 Å². The molecule has 1 aromatic rings. The van der Waals surface area contributed by atoms with E-state index >= 15 is 0 Å². The zero-order valence-corrected chi connectivity index (χ0v) is 13.2. The molecule has 2 N–H and O–H groups in total. The Bertz CT molecular complexity index is 440. The number of nitrogens with one attached hydrogen (secondary N) is 1. The Morgan fingerprint density at radius 1 is 1.45 bits per heavy atom. The first kappa shape index (κ1) is 16.7. The van der Waals surface area contributed by atoms with E-state index in [4.69, 9.17) is 0 Å². The molecule has 0 radical (unpaired) electrons. The minimum atomic E-state index is -0.212. The van der Waals surface area contributed by atoms with Gasteiger partial charge in [-0.2, -0.15) is 5.10 Å². The smallest absolute Gasteiger partial charge is 0.269 e. The Morgan fingerprint density at radius 3 is 2.60 bits per heavy atom. The lowest BCUT2D eigenvalue weighted by atomic mass is 10.00. The van der Waals surface area contributed by atoms with Gasteiger partial charge in [-0.25, -0.2) is 0 Å². The van der Waals surface area contributed by atoms with Crippen molar-refractivity contribution < 1.29 is 9.90 Å². The lowest BCUT2D eigenvalue weighted by Gasteiger charge is -2.21. The predicted molar refractivity (Wildman–Crippen MR) is 79.5 cm³/mol. The fourth-order valence-electron chi connectivity index (χ4n) is 2.15. The minimum Gasteiger partial charge on any atom is -0.394 e. The topological polar surface area (TPSA) is 67.2 Å². The van der Waals surface area contributed by atoms with Gasteiger partial charge in [0.15, 0.2) is 0 Å². The molecule has 0 spiro atoms. The summed E-state index contributed by atoms with van der Waals surface area (Å²) in [5, 5.41) is 16.6. The van der Waals surface area contributed by atoms with Crippen molar-refractivity contribution in [2.75, 3.05) is 6.61 Å². The highest BCUT2D eigenvalue weighted by Gasteiger charge is 2.20. The third kappa shape index (κ3) is 4.34. The first-order chi connectivity index (χ1) is 9.38. The van der Waals surface area contributed by atoms with E-state index in [0.717, 1.165) is 18.5 Å². The highest BCUT2D eigenvalue weighted by atomic mass is 16.3. The number of hydrogen-bond acceptors (Lipinski definition) is 3. The molecule has 5 heteroatoms. The number of hydrogen-bond donors (Lipinski definition) is 2. The molecule has 1 aromatic heterocycles. The van der Waals surface area contributed by atoms with Crippen LogP contribution in [0.25, 0.3) is 0 Å². The molecule has 5 nitrogen and oxygen atoms in total. The molecule has 0 saturated carbocycles. The quantitative estimate of drug-likeness (QED) is 0.800. The second kappa shape index (κ2) is 7.43. The maximum absolute atomic E-state index is 12.3. The van der Waals surface area contributed by atoms with Gasteiger partial charge < -0.3 is 10.4 Å². The van der Waals surface area contributed by atoms with Crippen molar-refractivity contribution in [3.8, 4) is 0 Å². The van der Waals surface area contributed by atoms with Gasteiger partial charge in [-0.1, -0.05) is 34.1 Å². The summed E-state index contributed by atoms with van der Waals surface area (Å²) in [6, 6.07) is 1.62. The van der Waals surface area contributed by atoms with E-state index in [1.54, 1.807) is 11.7 Å². The van der Waals surface area contributed by atoms with E-state index in [1.807, 2.05) is 19.9 Å². The summed E-state index contributed by atoms with van der Waals surface area (Å²) in [6.45, 7) is 8.27. The molecular weight excluding hydrogens is 254 g/mol. The monoisotopic (exact) mass is 281 g/mol. The minimum absolute atomic E-state index is 0.0442. The number of rotatable bonds is 7. The zero-order valence-electron chi connectivity index (χ0n) is 13.2. The SMILES string of the molecule is CCC(C)C(CO)NC(=O)c1cc(CC(C)C)nn1C. The Hall–Kier alpha value is -1.36. The average molecular weight is 281 g/mol. The van der Waals surface area contributed by atoms with Crippen LogP contribution >= 0.6 is 0 Å². The van der Waals surface area contributed by atoms with Crippen LogP contribution in [0.15, 0.2) is 6.07 Å². The van der Waals surface area contributed by atoms with E-state index < -0.39 is 0 Å². The Morgan fingerprint density at radius 2 is 2.10 bits per heavy atom. The Kier molecular flexibility index (Phi) is 6.20. The summed E-state index contributed by atoms with van der Waals surface area (Å²) in [6.07, 6.45) is 1.77. The molecule has 1 heterocycles. The first-order valence-electron chi connectivity index (χ1n) is 7.33. The summed E-state index contributed by atoms with van der Waals surface area (Å²) < 4.78 is 1.61. The van der Waals surface area contributed by atoms with Gasteiger partial charge in [-0.3, -0.25) is 9.48 Å². The van der Waals surface area contributed by atoms with Crippen LogP contribution in [0.3, 0.4) is 0 Å². The van der Waals surface area contributed by atoms with Crippen molar-refractivity contribution in [3.05, 3.63) is 17.5 Å². The third-order valence-corrected chi connectivity index (χ3v) is 3.62. The number of carbonyl (C=O) groups excluding carboxylic acids is 1. The second-order valence-corrected chi connectivity index (χ2v) is 5.89. The van der Waals surface area contributed by atoms with E-state index in [2.05, 4.69) is 24.3 Å². The molecule has 0 aliphatic rings. The van der Waals surface area contributed by atoms with Crippen LogP contribution in [0.4, 0.5) is 0 Å². The summed E-state index contributed by atoms with van der Waals surface area (Å²) in [4.78, 5) is 12.3. The average Bonchev–Trinajstić information content (AvgIpc) is 2.74. The van der Waals surface area contributed by atoms with Crippen LogP contribution in [-0.4, -0.2) is 33.4 Å². The van der Waals surface area contributed by atoms with Crippen molar-refractivity contribution in [2.45, 2.75) is 46.6 Å². The number of nitrogens with zero attached hydrogens (tertiary/aromatic N) is 2. The molecule has 1 amide bonds. The van der Waals surface area contributed by atoms with Crippen molar-refractivity contribution in [1.82, 2.24) is 15.1 Å². The molecular formula is C15H27N3O2. The maximum Gasteiger partial charge on any atom is 0.269 e. The van der Waals surface area contributed by atoms with E-state index in [9.17, 15) is 9.90 Å². The molecule has 0 bridgehead atoms. The number of aliphatic hydroxyl groups is 1. The molecule has 0 aromatic carbocycles. The van der Waals surface area contributed by atoms with Gasteiger partial charge in [-0.15, -0.1) is 0 Å². The largest absolute Gasteiger partial charge is 0.394 e. The highest BCUT2D eigenvalue weighted by molar-refractivity contribution is 5.92. The van der Waals surface area contributed by atoms with Crippen molar-refractivity contribution in [3.63, 3.8) is 0 Å². The molecule has 0 aliphatic carbocycles. The Labute approximate surface area is 121 Å².